The highest BCUT2D eigenvalue weighted by atomic mass is 35.5. The van der Waals surface area contributed by atoms with E-state index in [2.05, 4.69) is 9.97 Å². The zero-order chi connectivity index (χ0) is 9.42. The molecular weight excluding hydrogens is 207 g/mol. The molecule has 0 N–H and O–H groups in total. The Morgan fingerprint density at radius 3 is 2.38 bits per heavy atom. The minimum absolute atomic E-state index is 0.468. The average molecular weight is 213 g/mol. The first-order valence-electron chi connectivity index (χ1n) is 3.75. The van der Waals surface area contributed by atoms with Crippen molar-refractivity contribution in [3.8, 4) is 0 Å². The standard InChI is InChI=1S/C9H6Cl2N2/c1-5-4-6(10)7(11)9-8(5)12-2-3-13-9/h2-4H,1H3. The first kappa shape index (κ1) is 8.73. The van der Waals surface area contributed by atoms with Gasteiger partial charge in [0.15, 0.2) is 0 Å². The van der Waals surface area contributed by atoms with Gasteiger partial charge < -0.3 is 0 Å². The van der Waals surface area contributed by atoms with Gasteiger partial charge in [0.2, 0.25) is 0 Å². The highest BCUT2D eigenvalue weighted by Crippen LogP contribution is 2.30. The largest absolute Gasteiger partial charge is 0.253 e. The summed E-state index contributed by atoms with van der Waals surface area (Å²) in [6.45, 7) is 1.93. The minimum Gasteiger partial charge on any atom is -0.253 e. The van der Waals surface area contributed by atoms with Crippen molar-refractivity contribution in [3.05, 3.63) is 34.1 Å². The third-order valence-electron chi connectivity index (χ3n) is 1.83. The zero-order valence-electron chi connectivity index (χ0n) is 6.88. The molecule has 0 aliphatic rings. The van der Waals surface area contributed by atoms with E-state index in [9.17, 15) is 0 Å². The minimum atomic E-state index is 0.468. The van der Waals surface area contributed by atoms with Crippen LogP contribution < -0.4 is 0 Å². The van der Waals surface area contributed by atoms with Gasteiger partial charge in [-0.05, 0) is 18.6 Å². The number of hydrogen-bond donors (Lipinski definition) is 0. The van der Waals surface area contributed by atoms with Crippen LogP contribution in [0.15, 0.2) is 18.5 Å². The van der Waals surface area contributed by atoms with Gasteiger partial charge in [-0.1, -0.05) is 23.2 Å². The Bertz CT molecular complexity index is 468. The molecule has 0 aliphatic heterocycles. The smallest absolute Gasteiger partial charge is 0.109 e. The number of nitrogens with zero attached hydrogens (tertiary/aromatic N) is 2. The quantitative estimate of drug-likeness (QED) is 0.671. The Balaban J connectivity index is 2.97. The van der Waals surface area contributed by atoms with Crippen molar-refractivity contribution in [2.75, 3.05) is 0 Å². The molecule has 66 valence electrons. The number of aryl methyl sites for hydroxylation is 1. The molecule has 0 unspecified atom stereocenters. The first-order chi connectivity index (χ1) is 6.20. The van der Waals surface area contributed by atoms with E-state index in [1.165, 1.54) is 0 Å². The molecule has 4 heteroatoms. The summed E-state index contributed by atoms with van der Waals surface area (Å²) in [6, 6.07) is 1.79. The number of aromatic nitrogens is 2. The molecule has 0 aliphatic carbocycles. The molecule has 0 amide bonds. The zero-order valence-corrected chi connectivity index (χ0v) is 8.39. The van der Waals surface area contributed by atoms with Crippen molar-refractivity contribution in [1.82, 2.24) is 9.97 Å². The van der Waals surface area contributed by atoms with E-state index in [1.807, 2.05) is 6.92 Å². The Hall–Kier alpha value is -0.860. The first-order valence-corrected chi connectivity index (χ1v) is 4.51. The molecule has 2 aromatic rings. The predicted molar refractivity (Wildman–Crippen MR) is 54.3 cm³/mol. The van der Waals surface area contributed by atoms with Crippen LogP contribution in [-0.4, -0.2) is 9.97 Å². The second-order valence-electron chi connectivity index (χ2n) is 2.74. The molecule has 0 radical (unpaired) electrons. The van der Waals surface area contributed by atoms with E-state index in [4.69, 9.17) is 23.2 Å². The molecule has 0 saturated heterocycles. The van der Waals surface area contributed by atoms with Crippen LogP contribution in [0, 0.1) is 6.92 Å². The number of fused-ring (bicyclic) bond motifs is 1. The highest BCUT2D eigenvalue weighted by molar-refractivity contribution is 6.45. The van der Waals surface area contributed by atoms with Crippen LogP contribution >= 0.6 is 23.2 Å². The van der Waals surface area contributed by atoms with Crippen LogP contribution in [0.3, 0.4) is 0 Å². The van der Waals surface area contributed by atoms with Crippen LogP contribution in [0.2, 0.25) is 10.0 Å². The lowest BCUT2D eigenvalue weighted by atomic mass is 10.2. The summed E-state index contributed by atoms with van der Waals surface area (Å²) in [7, 11) is 0. The fourth-order valence-corrected chi connectivity index (χ4v) is 1.67. The molecule has 0 saturated carbocycles. The van der Waals surface area contributed by atoms with Crippen LogP contribution in [0.4, 0.5) is 0 Å². The Labute approximate surface area is 85.5 Å². The van der Waals surface area contributed by atoms with Gasteiger partial charge in [0.25, 0.3) is 0 Å². The van der Waals surface area contributed by atoms with Gasteiger partial charge in [-0.2, -0.15) is 0 Å². The van der Waals surface area contributed by atoms with Crippen LogP contribution in [0.1, 0.15) is 5.56 Å². The lowest BCUT2D eigenvalue weighted by molar-refractivity contribution is 1.27. The van der Waals surface area contributed by atoms with Crippen LogP contribution in [-0.2, 0) is 0 Å². The number of benzene rings is 1. The number of halogens is 2. The van der Waals surface area contributed by atoms with Crippen LogP contribution in [0.5, 0.6) is 0 Å². The summed E-state index contributed by atoms with van der Waals surface area (Å²) >= 11 is 11.9. The maximum atomic E-state index is 5.96. The fraction of sp³-hybridized carbons (Fsp3) is 0.111. The normalized spacial score (nSPS) is 10.7. The van der Waals surface area contributed by atoms with E-state index < -0.39 is 0 Å². The van der Waals surface area contributed by atoms with E-state index in [0.717, 1.165) is 11.1 Å². The van der Waals surface area contributed by atoms with Gasteiger partial charge in [0, 0.05) is 12.4 Å². The summed E-state index contributed by atoms with van der Waals surface area (Å²) < 4.78 is 0. The summed E-state index contributed by atoms with van der Waals surface area (Å²) in [5.41, 5.74) is 2.45. The Morgan fingerprint density at radius 1 is 1.08 bits per heavy atom. The van der Waals surface area contributed by atoms with Gasteiger partial charge in [0.1, 0.15) is 5.52 Å². The van der Waals surface area contributed by atoms with Crippen molar-refractivity contribution >= 4 is 34.2 Å². The number of hydrogen-bond acceptors (Lipinski definition) is 2. The molecule has 0 bridgehead atoms. The molecule has 0 fully saturated rings. The summed E-state index contributed by atoms with van der Waals surface area (Å²) in [6.07, 6.45) is 3.24. The molecule has 2 rings (SSSR count). The second kappa shape index (κ2) is 3.13. The molecule has 2 nitrogen and oxygen atoms in total. The van der Waals surface area contributed by atoms with Gasteiger partial charge in [-0.15, -0.1) is 0 Å². The third kappa shape index (κ3) is 1.36. The van der Waals surface area contributed by atoms with Crippen molar-refractivity contribution in [2.24, 2.45) is 0 Å². The average Bonchev–Trinajstić information content (AvgIpc) is 2.15. The van der Waals surface area contributed by atoms with Gasteiger partial charge in [-0.3, -0.25) is 9.97 Å². The van der Waals surface area contributed by atoms with Gasteiger partial charge >= 0.3 is 0 Å². The summed E-state index contributed by atoms with van der Waals surface area (Å²) in [5, 5.41) is 0.988. The van der Waals surface area contributed by atoms with Gasteiger partial charge in [0.05, 0.1) is 15.6 Å². The molecular formula is C9H6Cl2N2. The van der Waals surface area contributed by atoms with Gasteiger partial charge in [-0.25, -0.2) is 0 Å². The molecule has 0 spiro atoms. The summed E-state index contributed by atoms with van der Waals surface area (Å²) in [4.78, 5) is 8.30. The summed E-state index contributed by atoms with van der Waals surface area (Å²) in [5.74, 6) is 0. The van der Waals surface area contributed by atoms with E-state index in [0.29, 0.717) is 15.6 Å². The topological polar surface area (TPSA) is 25.8 Å². The van der Waals surface area contributed by atoms with Crippen molar-refractivity contribution in [1.29, 1.82) is 0 Å². The van der Waals surface area contributed by atoms with Crippen LogP contribution in [0.25, 0.3) is 11.0 Å². The third-order valence-corrected chi connectivity index (χ3v) is 2.61. The molecule has 1 heterocycles. The van der Waals surface area contributed by atoms with E-state index in [-0.39, 0.29) is 0 Å². The Kier molecular flexibility index (Phi) is 2.10. The SMILES string of the molecule is Cc1cc(Cl)c(Cl)c2nccnc12. The second-order valence-corrected chi connectivity index (χ2v) is 3.53. The Morgan fingerprint density at radius 2 is 1.69 bits per heavy atom. The van der Waals surface area contributed by atoms with E-state index in [1.54, 1.807) is 18.5 Å². The van der Waals surface area contributed by atoms with Crippen molar-refractivity contribution < 1.29 is 0 Å². The lowest BCUT2D eigenvalue weighted by Crippen LogP contribution is -1.87. The molecule has 0 atom stereocenters. The highest BCUT2D eigenvalue weighted by Gasteiger charge is 2.07. The molecule has 1 aromatic carbocycles. The van der Waals surface area contributed by atoms with Crippen molar-refractivity contribution in [2.45, 2.75) is 6.92 Å². The molecule has 1 aromatic heterocycles. The number of rotatable bonds is 0. The maximum Gasteiger partial charge on any atom is 0.109 e. The van der Waals surface area contributed by atoms with E-state index >= 15 is 0 Å². The lowest BCUT2D eigenvalue weighted by Gasteiger charge is -2.03. The predicted octanol–water partition coefficient (Wildman–Crippen LogP) is 3.25. The monoisotopic (exact) mass is 212 g/mol. The maximum absolute atomic E-state index is 5.96. The fourth-order valence-electron chi connectivity index (χ4n) is 1.22. The van der Waals surface area contributed by atoms with Crippen molar-refractivity contribution in [3.63, 3.8) is 0 Å². The molecule has 13 heavy (non-hydrogen) atoms.